The first-order valence-corrected chi connectivity index (χ1v) is 8.03. The molecule has 4 aromatic carbocycles. The molecule has 0 unspecified atom stereocenters. The van der Waals surface area contributed by atoms with Crippen LogP contribution in [0.25, 0.3) is 43.8 Å². The van der Waals surface area contributed by atoms with Crippen molar-refractivity contribution in [3.05, 3.63) is 71.2 Å². The Bertz CT molecular complexity index is 1140. The third kappa shape index (κ3) is 1.59. The van der Waals surface area contributed by atoms with E-state index in [-0.39, 0.29) is 0 Å². The van der Waals surface area contributed by atoms with Crippen LogP contribution in [0.5, 0.6) is 0 Å². The van der Waals surface area contributed by atoms with Gasteiger partial charge in [0.25, 0.3) is 0 Å². The first-order chi connectivity index (χ1) is 10.8. The molecule has 0 saturated heterocycles. The highest BCUT2D eigenvalue weighted by atomic mass is 79.9. The molecule has 1 nitrogen and oxygen atoms in total. The molecule has 1 aromatic heterocycles. The Morgan fingerprint density at radius 3 is 2.36 bits per heavy atom. The first kappa shape index (κ1) is 12.2. The van der Waals surface area contributed by atoms with Crippen molar-refractivity contribution in [1.82, 2.24) is 0 Å². The fraction of sp³-hybridized carbons (Fsp3) is 0. The van der Waals surface area contributed by atoms with E-state index in [2.05, 4.69) is 70.5 Å². The van der Waals surface area contributed by atoms with Gasteiger partial charge in [-0.2, -0.15) is 0 Å². The van der Waals surface area contributed by atoms with Crippen LogP contribution >= 0.6 is 15.9 Å². The van der Waals surface area contributed by atoms with Gasteiger partial charge < -0.3 is 4.42 Å². The van der Waals surface area contributed by atoms with Crippen LogP contribution < -0.4 is 0 Å². The van der Waals surface area contributed by atoms with E-state index in [0.717, 1.165) is 15.6 Å². The molecule has 0 aliphatic heterocycles. The van der Waals surface area contributed by atoms with E-state index < -0.39 is 0 Å². The average molecular weight is 347 g/mol. The Balaban J connectivity index is 2.03. The van der Waals surface area contributed by atoms with Crippen LogP contribution in [0.1, 0.15) is 0 Å². The number of hydrogen-bond acceptors (Lipinski definition) is 1. The van der Waals surface area contributed by atoms with Crippen molar-refractivity contribution in [2.24, 2.45) is 0 Å². The maximum Gasteiger partial charge on any atom is 0.136 e. The van der Waals surface area contributed by atoms with E-state index in [0.29, 0.717) is 0 Å². The standard InChI is InChI=1S/C20H11BrO/c21-14-6-1-4-12(10-14)16-11-13-5-2-8-17-19(13)20-15(16)7-3-9-18(20)22-17/h1-11H. The van der Waals surface area contributed by atoms with Crippen molar-refractivity contribution in [2.75, 3.05) is 0 Å². The zero-order valence-corrected chi connectivity index (χ0v) is 13.2. The number of furan rings is 1. The van der Waals surface area contributed by atoms with Gasteiger partial charge in [0.2, 0.25) is 0 Å². The van der Waals surface area contributed by atoms with Crippen LogP contribution in [-0.4, -0.2) is 0 Å². The third-order valence-corrected chi connectivity index (χ3v) is 4.77. The summed E-state index contributed by atoms with van der Waals surface area (Å²) in [6, 6.07) is 23.3. The van der Waals surface area contributed by atoms with Gasteiger partial charge >= 0.3 is 0 Å². The van der Waals surface area contributed by atoms with Gasteiger partial charge in [-0.05, 0) is 52.2 Å². The van der Waals surface area contributed by atoms with E-state index in [1.807, 2.05) is 12.1 Å². The highest BCUT2D eigenvalue weighted by Gasteiger charge is 2.16. The Labute approximate surface area is 135 Å². The molecule has 0 N–H and O–H groups in total. The molecule has 0 aliphatic carbocycles. The van der Waals surface area contributed by atoms with E-state index >= 15 is 0 Å². The molecule has 0 saturated carbocycles. The predicted octanol–water partition coefficient (Wildman–Crippen LogP) is 6.61. The Morgan fingerprint density at radius 1 is 0.727 bits per heavy atom. The molecule has 0 radical (unpaired) electrons. The minimum atomic E-state index is 0.959. The van der Waals surface area contributed by atoms with Gasteiger partial charge in [0, 0.05) is 15.2 Å². The second-order valence-electron chi connectivity index (χ2n) is 5.57. The Morgan fingerprint density at radius 2 is 1.50 bits per heavy atom. The normalized spacial score (nSPS) is 11.9. The lowest BCUT2D eigenvalue weighted by Gasteiger charge is -2.09. The van der Waals surface area contributed by atoms with Crippen LogP contribution in [-0.2, 0) is 0 Å². The van der Waals surface area contributed by atoms with Crippen LogP contribution in [0, 0.1) is 0 Å². The largest absolute Gasteiger partial charge is 0.456 e. The summed E-state index contributed by atoms with van der Waals surface area (Å²) in [5, 5.41) is 4.93. The Hall–Kier alpha value is -2.32. The molecule has 22 heavy (non-hydrogen) atoms. The minimum absolute atomic E-state index is 0.959. The predicted molar refractivity (Wildman–Crippen MR) is 95.5 cm³/mol. The van der Waals surface area contributed by atoms with Crippen molar-refractivity contribution in [3.63, 3.8) is 0 Å². The Kier molecular flexibility index (Phi) is 2.42. The van der Waals surface area contributed by atoms with E-state index in [1.54, 1.807) is 0 Å². The summed E-state index contributed by atoms with van der Waals surface area (Å²) in [7, 11) is 0. The number of halogens is 1. The quantitative estimate of drug-likeness (QED) is 0.311. The topological polar surface area (TPSA) is 13.1 Å². The van der Waals surface area contributed by atoms with Crippen molar-refractivity contribution < 1.29 is 4.42 Å². The fourth-order valence-electron chi connectivity index (χ4n) is 3.37. The number of hydrogen-bond donors (Lipinski definition) is 0. The zero-order valence-electron chi connectivity index (χ0n) is 11.6. The summed E-state index contributed by atoms with van der Waals surface area (Å²) in [6.45, 7) is 0. The van der Waals surface area contributed by atoms with Gasteiger partial charge in [-0.1, -0.05) is 52.3 Å². The summed E-state index contributed by atoms with van der Waals surface area (Å²) in [6.07, 6.45) is 0. The zero-order chi connectivity index (χ0) is 14.7. The summed E-state index contributed by atoms with van der Waals surface area (Å²) in [5.41, 5.74) is 4.38. The lowest BCUT2D eigenvalue weighted by atomic mass is 9.93. The molecule has 0 amide bonds. The molecule has 1 heterocycles. The molecule has 0 bridgehead atoms. The van der Waals surface area contributed by atoms with Crippen molar-refractivity contribution in [1.29, 1.82) is 0 Å². The molecule has 104 valence electrons. The van der Waals surface area contributed by atoms with E-state index in [4.69, 9.17) is 4.42 Å². The third-order valence-electron chi connectivity index (χ3n) is 4.28. The van der Waals surface area contributed by atoms with Crippen molar-refractivity contribution in [2.45, 2.75) is 0 Å². The second kappa shape index (κ2) is 4.34. The van der Waals surface area contributed by atoms with Gasteiger partial charge in [0.15, 0.2) is 0 Å². The molecular weight excluding hydrogens is 336 g/mol. The van der Waals surface area contributed by atoms with Gasteiger partial charge in [0.1, 0.15) is 11.2 Å². The lowest BCUT2D eigenvalue weighted by molar-refractivity contribution is 0.669. The first-order valence-electron chi connectivity index (χ1n) is 7.23. The maximum absolute atomic E-state index is 6.02. The highest BCUT2D eigenvalue weighted by Crippen LogP contribution is 2.41. The smallest absolute Gasteiger partial charge is 0.136 e. The van der Waals surface area contributed by atoms with Gasteiger partial charge in [-0.15, -0.1) is 0 Å². The second-order valence-corrected chi connectivity index (χ2v) is 6.49. The van der Waals surface area contributed by atoms with Crippen LogP contribution in [0.15, 0.2) is 75.6 Å². The summed E-state index contributed by atoms with van der Waals surface area (Å²) in [5.74, 6) is 0. The van der Waals surface area contributed by atoms with E-state index in [1.165, 1.54) is 32.7 Å². The molecule has 5 aromatic rings. The summed E-state index contributed by atoms with van der Waals surface area (Å²) < 4.78 is 7.11. The molecular formula is C20H11BrO. The minimum Gasteiger partial charge on any atom is -0.456 e. The van der Waals surface area contributed by atoms with Crippen LogP contribution in [0.3, 0.4) is 0 Å². The number of benzene rings is 4. The average Bonchev–Trinajstić information content (AvgIpc) is 2.92. The van der Waals surface area contributed by atoms with E-state index in [9.17, 15) is 0 Å². The maximum atomic E-state index is 6.02. The van der Waals surface area contributed by atoms with Crippen LogP contribution in [0.4, 0.5) is 0 Å². The van der Waals surface area contributed by atoms with Gasteiger partial charge in [-0.3, -0.25) is 0 Å². The van der Waals surface area contributed by atoms with Gasteiger partial charge in [0.05, 0.1) is 0 Å². The lowest BCUT2D eigenvalue weighted by Crippen LogP contribution is -1.83. The highest BCUT2D eigenvalue weighted by molar-refractivity contribution is 9.10. The molecule has 0 fully saturated rings. The SMILES string of the molecule is Brc1cccc(-c2cc3cccc4oc5cccc2c5c34)c1. The molecule has 0 atom stereocenters. The summed E-state index contributed by atoms with van der Waals surface area (Å²) >= 11 is 3.57. The van der Waals surface area contributed by atoms with Crippen LogP contribution in [0.2, 0.25) is 0 Å². The molecule has 0 aliphatic rings. The number of rotatable bonds is 1. The molecule has 2 heteroatoms. The summed E-state index contributed by atoms with van der Waals surface area (Å²) in [4.78, 5) is 0. The van der Waals surface area contributed by atoms with Gasteiger partial charge in [-0.25, -0.2) is 0 Å². The monoisotopic (exact) mass is 346 g/mol. The molecule has 5 rings (SSSR count). The molecule has 0 spiro atoms. The van der Waals surface area contributed by atoms with Crippen molar-refractivity contribution in [3.8, 4) is 11.1 Å². The van der Waals surface area contributed by atoms with Crippen molar-refractivity contribution >= 4 is 48.6 Å². The fourth-order valence-corrected chi connectivity index (χ4v) is 3.77.